The molecule has 0 aromatic carbocycles. The highest BCUT2D eigenvalue weighted by molar-refractivity contribution is 6.31. The van der Waals surface area contributed by atoms with Gasteiger partial charge in [-0.3, -0.25) is 0 Å². The molecule has 10 heavy (non-hydrogen) atoms. The zero-order chi connectivity index (χ0) is 7.82. The third kappa shape index (κ3) is 6.70. The third-order valence-electron chi connectivity index (χ3n) is 1.47. The Bertz CT molecular complexity index is 64.3. The van der Waals surface area contributed by atoms with Crippen molar-refractivity contribution in [3.05, 3.63) is 5.88 Å². The summed E-state index contributed by atoms with van der Waals surface area (Å²) in [6.07, 6.45) is 6.09. The quantitative estimate of drug-likeness (QED) is 0.430. The van der Waals surface area contributed by atoms with Gasteiger partial charge in [0.15, 0.2) is 0 Å². The number of hydrogen-bond donors (Lipinski definition) is 0. The lowest BCUT2D eigenvalue weighted by Crippen LogP contribution is -1.94. The number of rotatable bonds is 6. The highest BCUT2D eigenvalue weighted by Crippen LogP contribution is 2.13. The molecule has 1 atom stereocenters. The van der Waals surface area contributed by atoms with E-state index in [0.717, 1.165) is 6.42 Å². The van der Waals surface area contributed by atoms with Crippen molar-refractivity contribution in [2.24, 2.45) is 0 Å². The first-order valence-corrected chi connectivity index (χ1v) is 4.76. The molecular formula is C8H15Cl2. The van der Waals surface area contributed by atoms with Gasteiger partial charge in [-0.15, -0.1) is 23.2 Å². The second kappa shape index (κ2) is 7.68. The lowest BCUT2D eigenvalue weighted by molar-refractivity contribution is 0.637. The van der Waals surface area contributed by atoms with Gasteiger partial charge in [-0.25, -0.2) is 0 Å². The van der Waals surface area contributed by atoms with Crippen LogP contribution >= 0.6 is 23.2 Å². The molecule has 0 saturated carbocycles. The Morgan fingerprint density at radius 1 is 1.30 bits per heavy atom. The molecule has 0 nitrogen and oxygen atoms in total. The summed E-state index contributed by atoms with van der Waals surface area (Å²) in [5.74, 6) is 1.54. The van der Waals surface area contributed by atoms with Gasteiger partial charge in [0.2, 0.25) is 0 Å². The first-order chi connectivity index (χ1) is 4.81. The molecule has 1 radical (unpaired) electrons. The van der Waals surface area contributed by atoms with Crippen molar-refractivity contribution in [1.29, 1.82) is 0 Å². The average molecular weight is 182 g/mol. The maximum absolute atomic E-state index is 5.76. The molecule has 0 fully saturated rings. The van der Waals surface area contributed by atoms with Gasteiger partial charge >= 0.3 is 0 Å². The first-order valence-electron chi connectivity index (χ1n) is 3.89. The molecule has 0 amide bonds. The van der Waals surface area contributed by atoms with Crippen LogP contribution in [-0.2, 0) is 0 Å². The summed E-state index contributed by atoms with van der Waals surface area (Å²) in [6, 6.07) is 0. The molecule has 0 rings (SSSR count). The second-order valence-electron chi connectivity index (χ2n) is 2.49. The van der Waals surface area contributed by atoms with E-state index >= 15 is 0 Å². The van der Waals surface area contributed by atoms with E-state index in [1.54, 1.807) is 0 Å². The van der Waals surface area contributed by atoms with Gasteiger partial charge in [-0.1, -0.05) is 32.6 Å². The van der Waals surface area contributed by atoms with Crippen LogP contribution in [0, 0.1) is 5.88 Å². The van der Waals surface area contributed by atoms with Crippen LogP contribution < -0.4 is 0 Å². The van der Waals surface area contributed by atoms with Crippen molar-refractivity contribution in [3.8, 4) is 0 Å². The Morgan fingerprint density at radius 2 is 2.00 bits per heavy atom. The first kappa shape index (κ1) is 10.6. The van der Waals surface area contributed by atoms with Crippen LogP contribution in [0.4, 0.5) is 0 Å². The summed E-state index contributed by atoms with van der Waals surface area (Å²) in [7, 11) is 0. The molecule has 0 spiro atoms. The largest absolute Gasteiger partial charge is 0.121 e. The fourth-order valence-electron chi connectivity index (χ4n) is 0.829. The molecule has 0 aliphatic heterocycles. The Kier molecular flexibility index (Phi) is 8.13. The van der Waals surface area contributed by atoms with Gasteiger partial charge in [-0.05, 0) is 6.42 Å². The summed E-state index contributed by atoms with van der Waals surface area (Å²) in [4.78, 5) is 0. The van der Waals surface area contributed by atoms with Crippen LogP contribution in [0.25, 0.3) is 0 Å². The van der Waals surface area contributed by atoms with Crippen molar-refractivity contribution >= 4 is 23.2 Å². The molecule has 0 aliphatic carbocycles. The minimum Gasteiger partial charge on any atom is -0.121 e. The van der Waals surface area contributed by atoms with Gasteiger partial charge < -0.3 is 0 Å². The van der Waals surface area contributed by atoms with Crippen LogP contribution in [0.3, 0.4) is 0 Å². The number of unbranched alkanes of at least 4 members (excludes halogenated alkanes) is 3. The Hall–Kier alpha value is 0.580. The molecule has 61 valence electrons. The van der Waals surface area contributed by atoms with E-state index in [1.165, 1.54) is 31.6 Å². The smallest absolute Gasteiger partial charge is 0.0677 e. The molecule has 0 aliphatic rings. The van der Waals surface area contributed by atoms with Gasteiger partial charge in [-0.2, -0.15) is 0 Å². The van der Waals surface area contributed by atoms with Crippen molar-refractivity contribution in [1.82, 2.24) is 0 Å². The van der Waals surface area contributed by atoms with E-state index < -0.39 is 0 Å². The average Bonchev–Trinajstić information content (AvgIpc) is 1.98. The minimum absolute atomic E-state index is 0.0681. The molecule has 2 heteroatoms. The van der Waals surface area contributed by atoms with Gasteiger partial charge in [0.1, 0.15) is 0 Å². The monoisotopic (exact) mass is 181 g/mol. The molecule has 0 N–H and O–H groups in total. The molecule has 0 bridgehead atoms. The van der Waals surface area contributed by atoms with E-state index in [0.29, 0.717) is 0 Å². The fraction of sp³-hybridized carbons (Fsp3) is 0.875. The molecule has 0 aromatic heterocycles. The van der Waals surface area contributed by atoms with E-state index in [-0.39, 0.29) is 5.38 Å². The Morgan fingerprint density at radius 3 is 2.50 bits per heavy atom. The zero-order valence-corrected chi connectivity index (χ0v) is 7.96. The molecule has 0 aromatic rings. The molecule has 1 unspecified atom stereocenters. The van der Waals surface area contributed by atoms with Crippen LogP contribution in [0.1, 0.15) is 39.0 Å². The lowest BCUT2D eigenvalue weighted by atomic mass is 10.1. The van der Waals surface area contributed by atoms with Gasteiger partial charge in [0, 0.05) is 0 Å². The van der Waals surface area contributed by atoms with Crippen molar-refractivity contribution in [3.63, 3.8) is 0 Å². The number of alkyl halides is 1. The summed E-state index contributed by atoms with van der Waals surface area (Å²) >= 11 is 11.2. The maximum atomic E-state index is 5.76. The molecule has 0 heterocycles. The lowest BCUT2D eigenvalue weighted by Gasteiger charge is -2.02. The summed E-state index contributed by atoms with van der Waals surface area (Å²) in [5, 5.41) is 0.0681. The van der Waals surface area contributed by atoms with Gasteiger partial charge in [0.05, 0.1) is 11.3 Å². The summed E-state index contributed by atoms with van der Waals surface area (Å²) in [5.41, 5.74) is 0. The maximum Gasteiger partial charge on any atom is 0.0677 e. The van der Waals surface area contributed by atoms with Crippen molar-refractivity contribution in [2.75, 3.05) is 0 Å². The number of hydrogen-bond acceptors (Lipinski definition) is 0. The Balaban J connectivity index is 2.89. The topological polar surface area (TPSA) is 0 Å². The predicted octanol–water partition coefficient (Wildman–Crippen LogP) is 3.96. The Labute approximate surface area is 73.9 Å². The highest BCUT2D eigenvalue weighted by atomic mass is 35.5. The summed E-state index contributed by atoms with van der Waals surface area (Å²) < 4.78 is 0. The normalized spacial score (nSPS) is 13.5. The van der Waals surface area contributed by atoms with E-state index in [2.05, 4.69) is 6.92 Å². The summed E-state index contributed by atoms with van der Waals surface area (Å²) in [6.45, 7) is 2.20. The van der Waals surface area contributed by atoms with Gasteiger partial charge in [0.25, 0.3) is 0 Å². The van der Waals surface area contributed by atoms with Crippen LogP contribution in [0.5, 0.6) is 0 Å². The zero-order valence-electron chi connectivity index (χ0n) is 6.45. The molecule has 0 saturated heterocycles. The standard InChI is InChI=1S/C8H15Cl2/c1-2-3-4-5-6-8(10)7-9/h7-8H,2-6H2,1H3. The minimum atomic E-state index is 0.0681. The third-order valence-corrected chi connectivity index (χ3v) is 2.25. The van der Waals surface area contributed by atoms with Crippen LogP contribution in [-0.4, -0.2) is 5.38 Å². The van der Waals surface area contributed by atoms with E-state index in [4.69, 9.17) is 23.2 Å². The molecular weight excluding hydrogens is 167 g/mol. The highest BCUT2D eigenvalue weighted by Gasteiger charge is 2.00. The fourth-order valence-corrected chi connectivity index (χ4v) is 1.11. The second-order valence-corrected chi connectivity index (χ2v) is 3.30. The predicted molar refractivity (Wildman–Crippen MR) is 48.6 cm³/mol. The SMILES string of the molecule is CCCCCCC(Cl)[CH]Cl. The van der Waals surface area contributed by atoms with Crippen LogP contribution in [0.15, 0.2) is 0 Å². The van der Waals surface area contributed by atoms with Crippen LogP contribution in [0.2, 0.25) is 0 Å². The van der Waals surface area contributed by atoms with E-state index in [9.17, 15) is 0 Å². The van der Waals surface area contributed by atoms with E-state index in [1.807, 2.05) is 0 Å². The number of halogens is 2. The van der Waals surface area contributed by atoms with Crippen molar-refractivity contribution < 1.29 is 0 Å². The van der Waals surface area contributed by atoms with Crippen molar-refractivity contribution in [2.45, 2.75) is 44.4 Å².